The predicted octanol–water partition coefficient (Wildman–Crippen LogP) is 2.07. The maximum atomic E-state index is 13.5. The van der Waals surface area contributed by atoms with Crippen molar-refractivity contribution >= 4 is 16.9 Å². The monoisotopic (exact) mass is 399 g/mol. The second-order valence-electron chi connectivity index (χ2n) is 8.55. The van der Waals surface area contributed by atoms with Crippen molar-refractivity contribution in [3.05, 3.63) is 52.3 Å². The minimum absolute atomic E-state index is 0.245. The Kier molecular flexibility index (Phi) is 4.36. The van der Waals surface area contributed by atoms with Crippen molar-refractivity contribution in [2.45, 2.75) is 57.6 Å². The lowest BCUT2D eigenvalue weighted by molar-refractivity contribution is -0.144. The molecule has 0 saturated carbocycles. The van der Waals surface area contributed by atoms with E-state index in [-0.39, 0.29) is 18.2 Å². The van der Waals surface area contributed by atoms with Gasteiger partial charge in [-0.05, 0) is 32.9 Å². The molecule has 2 heterocycles. The molecule has 1 aromatic carbocycles. The number of aromatic nitrogens is 1. The fourth-order valence-electron chi connectivity index (χ4n) is 4.49. The van der Waals surface area contributed by atoms with E-state index >= 15 is 0 Å². The highest BCUT2D eigenvalue weighted by Gasteiger charge is 2.53. The van der Waals surface area contributed by atoms with Crippen LogP contribution in [-0.4, -0.2) is 38.1 Å². The molecule has 7 heteroatoms. The number of aliphatic hydroxyl groups excluding tert-OH is 1. The number of hydrogen-bond acceptors (Lipinski definition) is 6. The highest BCUT2D eigenvalue weighted by molar-refractivity contribution is 5.87. The summed E-state index contributed by atoms with van der Waals surface area (Å²) < 4.78 is 12.8. The minimum Gasteiger partial charge on any atom is -0.486 e. The van der Waals surface area contributed by atoms with Crippen LogP contribution in [0.3, 0.4) is 0 Å². The molecule has 1 aromatic heterocycles. The normalized spacial score (nSPS) is 29.7. The van der Waals surface area contributed by atoms with Gasteiger partial charge in [-0.2, -0.15) is 0 Å². The van der Waals surface area contributed by atoms with Gasteiger partial charge < -0.3 is 19.7 Å². The zero-order chi connectivity index (χ0) is 21.1. The number of carbonyl (C=O) groups is 1. The van der Waals surface area contributed by atoms with E-state index in [1.807, 2.05) is 32.1 Å². The number of ether oxygens (including phenoxy) is 2. The molecule has 1 aliphatic heterocycles. The van der Waals surface area contributed by atoms with Crippen molar-refractivity contribution in [2.75, 3.05) is 0 Å². The highest BCUT2D eigenvalue weighted by Crippen LogP contribution is 2.51. The van der Waals surface area contributed by atoms with Gasteiger partial charge in [0.2, 0.25) is 0 Å². The third-order valence-electron chi connectivity index (χ3n) is 6.02. The van der Waals surface area contributed by atoms with Gasteiger partial charge in [-0.3, -0.25) is 14.2 Å². The number of para-hydroxylation sites is 1. The topological polar surface area (TPSA) is 98.0 Å². The van der Waals surface area contributed by atoms with E-state index in [0.717, 1.165) is 0 Å². The van der Waals surface area contributed by atoms with Gasteiger partial charge in [0.25, 0.3) is 5.56 Å². The predicted molar refractivity (Wildman–Crippen MR) is 107 cm³/mol. The van der Waals surface area contributed by atoms with Crippen LogP contribution in [0.4, 0.5) is 0 Å². The number of pyridine rings is 1. The van der Waals surface area contributed by atoms with Crippen molar-refractivity contribution in [2.24, 2.45) is 5.92 Å². The molecular formula is C22H25NO6. The van der Waals surface area contributed by atoms with Gasteiger partial charge in [0.15, 0.2) is 6.73 Å². The van der Waals surface area contributed by atoms with Gasteiger partial charge in [-0.25, -0.2) is 0 Å². The molecule has 2 N–H and O–H groups in total. The lowest BCUT2D eigenvalue weighted by atomic mass is 9.65. The molecule has 0 saturated heterocycles. The van der Waals surface area contributed by atoms with Crippen molar-refractivity contribution < 1.29 is 24.5 Å². The fourth-order valence-corrected chi connectivity index (χ4v) is 4.49. The van der Waals surface area contributed by atoms with Crippen LogP contribution >= 0.6 is 0 Å². The lowest BCUT2D eigenvalue weighted by Gasteiger charge is -2.49. The smallest absolute Gasteiger partial charge is 0.304 e. The largest absolute Gasteiger partial charge is 0.486 e. The lowest BCUT2D eigenvalue weighted by Crippen LogP contribution is -2.56. The SMILES string of the molecule is CC(=O)OCn1c(=O)c2c(c3ccccc31)OC(C)(C)[C@H]1C=C[C@](C)(O)[C@H](O)[C@H]21. The maximum Gasteiger partial charge on any atom is 0.304 e. The summed E-state index contributed by atoms with van der Waals surface area (Å²) in [5, 5.41) is 22.4. The Morgan fingerprint density at radius 2 is 1.97 bits per heavy atom. The molecule has 0 unspecified atom stereocenters. The molecule has 2 aromatic rings. The summed E-state index contributed by atoms with van der Waals surface area (Å²) in [6.45, 7) is 6.37. The van der Waals surface area contributed by atoms with Gasteiger partial charge in [0.1, 0.15) is 17.0 Å². The van der Waals surface area contributed by atoms with Gasteiger partial charge in [0, 0.05) is 24.1 Å². The number of benzene rings is 1. The number of nitrogens with zero attached hydrogens (tertiary/aromatic N) is 1. The number of aliphatic hydroxyl groups is 2. The van der Waals surface area contributed by atoms with Crippen LogP contribution in [0.1, 0.15) is 39.2 Å². The second kappa shape index (κ2) is 6.43. The molecule has 0 spiro atoms. The average molecular weight is 399 g/mol. The molecule has 29 heavy (non-hydrogen) atoms. The average Bonchev–Trinajstić information content (AvgIpc) is 2.63. The third-order valence-corrected chi connectivity index (χ3v) is 6.02. The third kappa shape index (κ3) is 2.96. The summed E-state index contributed by atoms with van der Waals surface area (Å²) in [5.41, 5.74) is -1.74. The molecule has 0 radical (unpaired) electrons. The molecule has 4 atom stereocenters. The first-order valence-corrected chi connectivity index (χ1v) is 9.62. The van der Waals surface area contributed by atoms with Crippen molar-refractivity contribution in [1.82, 2.24) is 4.57 Å². The molecule has 0 fully saturated rings. The van der Waals surface area contributed by atoms with Crippen molar-refractivity contribution in [1.29, 1.82) is 0 Å². The highest BCUT2D eigenvalue weighted by atomic mass is 16.5. The molecule has 2 aliphatic rings. The molecular weight excluding hydrogens is 374 g/mol. The maximum absolute atomic E-state index is 13.5. The zero-order valence-electron chi connectivity index (χ0n) is 16.9. The summed E-state index contributed by atoms with van der Waals surface area (Å²) in [5.74, 6) is -1.09. The number of esters is 1. The van der Waals surface area contributed by atoms with E-state index in [1.54, 1.807) is 18.2 Å². The first-order valence-electron chi connectivity index (χ1n) is 9.62. The van der Waals surface area contributed by atoms with E-state index < -0.39 is 34.8 Å². The van der Waals surface area contributed by atoms with Gasteiger partial charge >= 0.3 is 5.97 Å². The molecule has 4 rings (SSSR count). The van der Waals surface area contributed by atoms with Crippen LogP contribution in [-0.2, 0) is 16.3 Å². The van der Waals surface area contributed by atoms with Crippen LogP contribution in [0.5, 0.6) is 5.75 Å². The molecule has 154 valence electrons. The van der Waals surface area contributed by atoms with Gasteiger partial charge in [-0.1, -0.05) is 24.3 Å². The quantitative estimate of drug-likeness (QED) is 0.593. The number of rotatable bonds is 2. The van der Waals surface area contributed by atoms with E-state index in [2.05, 4.69) is 0 Å². The Balaban J connectivity index is 2.05. The van der Waals surface area contributed by atoms with Crippen LogP contribution in [0, 0.1) is 5.92 Å². The zero-order valence-corrected chi connectivity index (χ0v) is 16.9. The van der Waals surface area contributed by atoms with Crippen LogP contribution in [0.2, 0.25) is 0 Å². The standard InChI is InChI=1S/C22H25NO6/c1-12(24)28-11-23-15-8-6-5-7-13(15)18-17(20(23)26)16-14(21(2,3)29-18)9-10-22(4,27)19(16)25/h5-10,14,16,19,25,27H,11H2,1-4H3/t14-,16-,19+,22-/m0/s1. The van der Waals surface area contributed by atoms with Crippen LogP contribution in [0.15, 0.2) is 41.2 Å². The Hall–Kier alpha value is -2.64. The first-order chi connectivity index (χ1) is 13.5. The van der Waals surface area contributed by atoms with Crippen molar-refractivity contribution in [3.8, 4) is 5.75 Å². The first kappa shape index (κ1) is 19.7. The Morgan fingerprint density at radius 1 is 1.28 bits per heavy atom. The van der Waals surface area contributed by atoms with E-state index in [0.29, 0.717) is 16.7 Å². The summed E-state index contributed by atoms with van der Waals surface area (Å²) in [7, 11) is 0. The van der Waals surface area contributed by atoms with Gasteiger partial charge in [0.05, 0.1) is 17.2 Å². The van der Waals surface area contributed by atoms with Gasteiger partial charge in [-0.15, -0.1) is 0 Å². The number of carbonyl (C=O) groups excluding carboxylic acids is 1. The summed E-state index contributed by atoms with van der Waals surface area (Å²) in [4.78, 5) is 24.9. The fraction of sp³-hybridized carbons (Fsp3) is 0.455. The Morgan fingerprint density at radius 3 is 2.66 bits per heavy atom. The molecule has 0 bridgehead atoms. The second-order valence-corrected chi connectivity index (χ2v) is 8.55. The molecule has 0 amide bonds. The molecule has 1 aliphatic carbocycles. The molecule has 7 nitrogen and oxygen atoms in total. The summed E-state index contributed by atoms with van der Waals surface area (Å²) in [6.07, 6.45) is 2.18. The van der Waals surface area contributed by atoms with Crippen LogP contribution in [0.25, 0.3) is 10.9 Å². The number of hydrogen-bond donors (Lipinski definition) is 2. The summed E-state index contributed by atoms with van der Waals surface area (Å²) >= 11 is 0. The van der Waals surface area contributed by atoms with E-state index in [4.69, 9.17) is 9.47 Å². The Labute approximate surface area is 168 Å². The van der Waals surface area contributed by atoms with E-state index in [9.17, 15) is 19.8 Å². The Bertz CT molecular complexity index is 1080. The number of fused-ring (bicyclic) bond motifs is 5. The summed E-state index contributed by atoms with van der Waals surface area (Å²) in [6, 6.07) is 7.21. The van der Waals surface area contributed by atoms with E-state index in [1.165, 1.54) is 18.4 Å². The minimum atomic E-state index is -1.48. The van der Waals surface area contributed by atoms with Crippen LogP contribution < -0.4 is 10.3 Å². The van der Waals surface area contributed by atoms with Crippen molar-refractivity contribution in [3.63, 3.8) is 0 Å².